The van der Waals surface area contributed by atoms with E-state index < -0.39 is 18.4 Å². The number of carbonyl (C=O) groups is 2. The fourth-order valence-electron chi connectivity index (χ4n) is 8.60. The van der Waals surface area contributed by atoms with Gasteiger partial charge in [-0.1, -0.05) is 33.6 Å². The molecule has 4 aliphatic rings. The topological polar surface area (TPSA) is 58.2 Å². The van der Waals surface area contributed by atoms with Gasteiger partial charge in [0.25, 0.3) is 0 Å². The molecule has 1 heterocycles. The van der Waals surface area contributed by atoms with E-state index in [-0.39, 0.29) is 28.6 Å². The van der Waals surface area contributed by atoms with Crippen molar-refractivity contribution in [1.82, 2.24) is 10.6 Å². The van der Waals surface area contributed by atoms with E-state index in [4.69, 9.17) is 0 Å². The molecule has 1 saturated heterocycles. The molecular weight excluding hydrogens is 422 g/mol. The van der Waals surface area contributed by atoms with Gasteiger partial charge >= 0.3 is 0 Å². The van der Waals surface area contributed by atoms with Crippen LogP contribution in [0.5, 0.6) is 0 Å². The summed E-state index contributed by atoms with van der Waals surface area (Å²) in [6.07, 6.45) is 7.54. The molecule has 0 radical (unpaired) electrons. The predicted molar refractivity (Wildman–Crippen MR) is 126 cm³/mol. The summed E-state index contributed by atoms with van der Waals surface area (Å²) in [5.74, 6) is 1.07. The third-order valence-corrected chi connectivity index (χ3v) is 10.6. The quantitative estimate of drug-likeness (QED) is 0.506. The maximum Gasteiger partial charge on any atom is 0.243 e. The summed E-state index contributed by atoms with van der Waals surface area (Å²) in [6, 6.07) is -0.205. The first-order chi connectivity index (χ1) is 15.6. The fraction of sp³-hybridized carbons (Fsp3) is 0.926. The van der Waals surface area contributed by atoms with Gasteiger partial charge in [-0.05, 0) is 86.9 Å². The molecule has 0 aromatic rings. The normalized spacial score (nSPS) is 42.0. The molecule has 4 rings (SSSR count). The SMILES string of the molecule is CCCCC(C(F)F)C(C)NC(=O)[C@H]1CC[C@H]2[C@@H]3CC[C@H]4NC(=O)CC[C@]4(C)[C@H]3CC[C@]12C. The Morgan fingerprint density at radius 1 is 1.09 bits per heavy atom. The number of hydrogen-bond donors (Lipinski definition) is 2. The first kappa shape index (κ1) is 24.9. The second-order valence-corrected chi connectivity index (χ2v) is 12.2. The van der Waals surface area contributed by atoms with Crippen LogP contribution in [0.2, 0.25) is 0 Å². The average molecular weight is 467 g/mol. The van der Waals surface area contributed by atoms with Crippen molar-refractivity contribution in [3.8, 4) is 0 Å². The molecule has 0 bridgehead atoms. The molecule has 2 unspecified atom stereocenters. The van der Waals surface area contributed by atoms with Crippen molar-refractivity contribution in [2.24, 2.45) is 40.4 Å². The molecule has 1 aliphatic heterocycles. The van der Waals surface area contributed by atoms with Crippen molar-refractivity contribution in [3.05, 3.63) is 0 Å². The Bertz CT molecular complexity index is 746. The highest BCUT2D eigenvalue weighted by atomic mass is 19.3. The lowest BCUT2D eigenvalue weighted by atomic mass is 9.47. The molecule has 2 N–H and O–H groups in total. The van der Waals surface area contributed by atoms with Crippen LogP contribution in [0.4, 0.5) is 8.78 Å². The highest BCUT2D eigenvalue weighted by molar-refractivity contribution is 5.80. The summed E-state index contributed by atoms with van der Waals surface area (Å²) in [7, 11) is 0. The lowest BCUT2D eigenvalue weighted by Gasteiger charge is -2.60. The smallest absolute Gasteiger partial charge is 0.243 e. The van der Waals surface area contributed by atoms with Crippen LogP contribution in [0.25, 0.3) is 0 Å². The maximum absolute atomic E-state index is 13.6. The van der Waals surface area contributed by atoms with Crippen molar-refractivity contribution in [3.63, 3.8) is 0 Å². The van der Waals surface area contributed by atoms with Crippen LogP contribution in [-0.4, -0.2) is 30.3 Å². The van der Waals surface area contributed by atoms with Crippen LogP contribution in [0.15, 0.2) is 0 Å². The van der Waals surface area contributed by atoms with Gasteiger partial charge in [0.15, 0.2) is 0 Å². The largest absolute Gasteiger partial charge is 0.353 e. The van der Waals surface area contributed by atoms with Gasteiger partial charge in [-0.3, -0.25) is 9.59 Å². The van der Waals surface area contributed by atoms with E-state index in [1.807, 2.05) is 6.92 Å². The molecule has 0 aromatic carbocycles. The highest BCUT2D eigenvalue weighted by Gasteiger charge is 2.61. The minimum atomic E-state index is -2.40. The Hall–Kier alpha value is -1.20. The molecule has 33 heavy (non-hydrogen) atoms. The van der Waals surface area contributed by atoms with Gasteiger partial charge in [-0.2, -0.15) is 0 Å². The zero-order chi connectivity index (χ0) is 24.0. The van der Waals surface area contributed by atoms with Crippen molar-refractivity contribution in [1.29, 1.82) is 0 Å². The first-order valence-electron chi connectivity index (χ1n) is 13.5. The molecule has 3 saturated carbocycles. The number of piperidine rings is 1. The van der Waals surface area contributed by atoms with Crippen molar-refractivity contribution in [2.45, 2.75) is 117 Å². The summed E-state index contributed by atoms with van der Waals surface area (Å²) in [4.78, 5) is 25.4. The number of amides is 2. The molecule has 3 aliphatic carbocycles. The van der Waals surface area contributed by atoms with Crippen molar-refractivity contribution < 1.29 is 18.4 Å². The summed E-state index contributed by atoms with van der Waals surface area (Å²) in [5, 5.41) is 6.31. The van der Waals surface area contributed by atoms with Crippen LogP contribution in [0.1, 0.15) is 98.3 Å². The number of carbonyl (C=O) groups excluding carboxylic acids is 2. The van der Waals surface area contributed by atoms with Crippen LogP contribution in [0.3, 0.4) is 0 Å². The number of halogens is 2. The lowest BCUT2D eigenvalue weighted by molar-refractivity contribution is -0.142. The van der Waals surface area contributed by atoms with Gasteiger partial charge < -0.3 is 10.6 Å². The molecule has 4 nitrogen and oxygen atoms in total. The van der Waals surface area contributed by atoms with Gasteiger partial charge in [0.1, 0.15) is 0 Å². The summed E-state index contributed by atoms with van der Waals surface area (Å²) in [5.41, 5.74) is 0.118. The van der Waals surface area contributed by atoms with E-state index in [1.54, 1.807) is 6.92 Å². The second kappa shape index (κ2) is 9.45. The van der Waals surface area contributed by atoms with Gasteiger partial charge in [0.2, 0.25) is 18.2 Å². The molecule has 9 atom stereocenters. The molecule has 0 aromatic heterocycles. The lowest BCUT2D eigenvalue weighted by Crippen LogP contribution is -2.61. The minimum absolute atomic E-state index is 0.00192. The zero-order valence-electron chi connectivity index (χ0n) is 21.0. The highest BCUT2D eigenvalue weighted by Crippen LogP contribution is 2.65. The monoisotopic (exact) mass is 466 g/mol. The Kier molecular flexibility index (Phi) is 7.13. The third-order valence-electron chi connectivity index (χ3n) is 10.6. The van der Waals surface area contributed by atoms with Crippen molar-refractivity contribution >= 4 is 11.8 Å². The Morgan fingerprint density at radius 3 is 2.52 bits per heavy atom. The number of fused-ring (bicyclic) bond motifs is 5. The predicted octanol–water partition coefficient (Wildman–Crippen LogP) is 5.70. The van der Waals surface area contributed by atoms with E-state index in [9.17, 15) is 18.4 Å². The number of alkyl halides is 2. The van der Waals surface area contributed by atoms with E-state index in [1.165, 1.54) is 0 Å². The van der Waals surface area contributed by atoms with Crippen LogP contribution < -0.4 is 10.6 Å². The maximum atomic E-state index is 13.6. The van der Waals surface area contributed by atoms with Crippen molar-refractivity contribution in [2.75, 3.05) is 0 Å². The zero-order valence-corrected chi connectivity index (χ0v) is 21.0. The number of nitrogens with one attached hydrogen (secondary N) is 2. The Labute approximate surface area is 198 Å². The Morgan fingerprint density at radius 2 is 1.82 bits per heavy atom. The van der Waals surface area contributed by atoms with Gasteiger partial charge in [-0.15, -0.1) is 0 Å². The first-order valence-corrected chi connectivity index (χ1v) is 13.5. The van der Waals surface area contributed by atoms with Crippen LogP contribution in [0, 0.1) is 40.4 Å². The van der Waals surface area contributed by atoms with E-state index >= 15 is 0 Å². The number of rotatable bonds is 7. The molecular formula is C27H44F2N2O2. The molecule has 188 valence electrons. The average Bonchev–Trinajstić information content (AvgIpc) is 3.11. The molecule has 2 amide bonds. The Balaban J connectivity index is 1.45. The summed E-state index contributed by atoms with van der Waals surface area (Å²) < 4.78 is 27.3. The number of unbranched alkanes of at least 4 members (excludes halogenated alkanes) is 1. The number of hydrogen-bond acceptors (Lipinski definition) is 2. The standard InChI is InChI=1S/C27H44F2N2O2/c1-5-6-7-17(24(28)29)16(2)30-25(33)21-10-9-19-18-8-11-22-27(4,15-13-23(32)31-22)20(18)12-14-26(19,21)3/h16-22,24H,5-15H2,1-4H3,(H,30,33)(H,31,32)/t16?,17?,18-,19-,20-,21+,22+,26-,27+/m0/s1. The van der Waals surface area contributed by atoms with E-state index in [2.05, 4.69) is 24.5 Å². The molecule has 4 fully saturated rings. The van der Waals surface area contributed by atoms with Gasteiger partial charge in [-0.25, -0.2) is 8.78 Å². The molecule has 0 spiro atoms. The molecule has 6 heteroatoms. The summed E-state index contributed by atoms with van der Waals surface area (Å²) in [6.45, 7) is 8.46. The fourth-order valence-corrected chi connectivity index (χ4v) is 8.60. The minimum Gasteiger partial charge on any atom is -0.353 e. The summed E-state index contributed by atoms with van der Waals surface area (Å²) >= 11 is 0. The van der Waals surface area contributed by atoms with Gasteiger partial charge in [0.05, 0.1) is 0 Å². The van der Waals surface area contributed by atoms with E-state index in [0.717, 1.165) is 57.8 Å². The second-order valence-electron chi connectivity index (χ2n) is 12.2. The third kappa shape index (κ3) is 4.33. The van der Waals surface area contributed by atoms with Gasteiger partial charge in [0, 0.05) is 30.3 Å². The van der Waals surface area contributed by atoms with Crippen LogP contribution in [-0.2, 0) is 9.59 Å². The van der Waals surface area contributed by atoms with Crippen LogP contribution >= 0.6 is 0 Å². The van der Waals surface area contributed by atoms with E-state index in [0.29, 0.717) is 36.6 Å².